The first-order valence-electron chi connectivity index (χ1n) is 4.05. The molecule has 0 saturated carbocycles. The molecule has 1 rings (SSSR count). The Hall–Kier alpha value is -1.64. The Bertz CT molecular complexity index is 231. The Balaban J connectivity index is -0.000000189. The van der Waals surface area contributed by atoms with Crippen LogP contribution in [0.5, 0.6) is 0 Å². The molecule has 0 unspecified atom stereocenters. The fourth-order valence-electron chi connectivity index (χ4n) is 0.794. The summed E-state index contributed by atoms with van der Waals surface area (Å²) in [5.41, 5.74) is 0. The van der Waals surface area contributed by atoms with E-state index in [2.05, 4.69) is 36.2 Å². The third-order valence-corrected chi connectivity index (χ3v) is 1.34. The van der Waals surface area contributed by atoms with Crippen LogP contribution in [0.25, 0.3) is 0 Å². The van der Waals surface area contributed by atoms with Crippen molar-refractivity contribution in [1.82, 2.24) is 9.80 Å². The summed E-state index contributed by atoms with van der Waals surface area (Å²) in [4.78, 5) is 20.9. The van der Waals surface area contributed by atoms with Crippen LogP contribution in [-0.4, -0.2) is 40.2 Å². The fraction of sp³-hybridized carbons (Fsp3) is 0.667. The molecule has 11 heteroatoms. The standard InChI is InChI=1S/C6H12N2.2NO3.Zn/c1-3-8-5-4-7(2)6-8;2*2-1(3)4;/h4-5H,3,6H2,1-2H3;;;/q;2*-1;+2. The molecule has 0 fully saturated rings. The Labute approximate surface area is 110 Å². The van der Waals surface area contributed by atoms with Crippen LogP contribution < -0.4 is 0 Å². The zero-order chi connectivity index (χ0) is 13.1. The van der Waals surface area contributed by atoms with Gasteiger partial charge in [0.15, 0.2) is 0 Å². The Morgan fingerprint density at radius 1 is 1.12 bits per heavy atom. The second-order valence-electron chi connectivity index (χ2n) is 2.55. The molecule has 0 amide bonds. The van der Waals surface area contributed by atoms with Crippen LogP contribution in [0, 0.1) is 30.6 Å². The molecule has 0 aromatic carbocycles. The first-order chi connectivity index (χ1) is 7.29. The summed E-state index contributed by atoms with van der Waals surface area (Å²) >= 11 is 0. The molecule has 0 radical (unpaired) electrons. The van der Waals surface area contributed by atoms with Crippen molar-refractivity contribution in [2.45, 2.75) is 6.92 Å². The van der Waals surface area contributed by atoms with Crippen molar-refractivity contribution in [3.8, 4) is 0 Å². The van der Waals surface area contributed by atoms with Gasteiger partial charge in [0.25, 0.3) is 0 Å². The van der Waals surface area contributed by atoms with E-state index in [-0.39, 0.29) is 19.5 Å². The Morgan fingerprint density at radius 3 is 1.59 bits per heavy atom. The van der Waals surface area contributed by atoms with Crippen LogP contribution in [0.1, 0.15) is 6.92 Å². The van der Waals surface area contributed by atoms with Crippen LogP contribution in [0.3, 0.4) is 0 Å². The SMILES string of the molecule is CCN1C=CN(C)C1.O=[N+]([O-])[O-].O=[N+]([O-])[O-].[Zn+2]. The number of hydrogen-bond donors (Lipinski definition) is 0. The van der Waals surface area contributed by atoms with Crippen LogP contribution in [-0.2, 0) is 19.5 Å². The normalized spacial score (nSPS) is 11.4. The minimum Gasteiger partial charge on any atom is -0.362 e. The number of nitrogens with zero attached hydrogens (tertiary/aromatic N) is 4. The van der Waals surface area contributed by atoms with Crippen molar-refractivity contribution in [3.63, 3.8) is 0 Å². The summed E-state index contributed by atoms with van der Waals surface area (Å²) in [5.74, 6) is 0. The number of rotatable bonds is 1. The summed E-state index contributed by atoms with van der Waals surface area (Å²) in [6, 6.07) is 0. The maximum Gasteiger partial charge on any atom is 2.00 e. The van der Waals surface area contributed by atoms with Crippen LogP contribution in [0.15, 0.2) is 12.4 Å². The van der Waals surface area contributed by atoms with Crippen molar-refractivity contribution in [3.05, 3.63) is 43.0 Å². The Kier molecular flexibility index (Phi) is 15.2. The van der Waals surface area contributed by atoms with Crippen molar-refractivity contribution in [2.24, 2.45) is 0 Å². The molecule has 94 valence electrons. The quantitative estimate of drug-likeness (QED) is 0.380. The summed E-state index contributed by atoms with van der Waals surface area (Å²) in [5, 5.41) is 29.5. The van der Waals surface area contributed by atoms with Crippen molar-refractivity contribution in [1.29, 1.82) is 0 Å². The van der Waals surface area contributed by atoms with Gasteiger partial charge in [0.2, 0.25) is 0 Å². The van der Waals surface area contributed by atoms with E-state index < -0.39 is 10.2 Å². The molecule has 0 aromatic heterocycles. The van der Waals surface area contributed by atoms with Gasteiger partial charge in [-0.1, -0.05) is 0 Å². The predicted molar refractivity (Wildman–Crippen MR) is 54.9 cm³/mol. The Morgan fingerprint density at radius 2 is 1.47 bits per heavy atom. The first kappa shape index (κ1) is 20.7. The van der Waals surface area contributed by atoms with E-state index in [1.165, 1.54) is 0 Å². The molecule has 1 aliphatic rings. The third-order valence-electron chi connectivity index (χ3n) is 1.34. The number of hydrogen-bond acceptors (Lipinski definition) is 8. The molecule has 1 heterocycles. The molecule has 0 saturated heterocycles. The predicted octanol–water partition coefficient (Wildman–Crippen LogP) is 0.202. The second-order valence-corrected chi connectivity index (χ2v) is 2.55. The molecule has 0 bridgehead atoms. The van der Waals surface area contributed by atoms with Gasteiger partial charge in [-0.15, -0.1) is 0 Å². The van der Waals surface area contributed by atoms with Crippen molar-refractivity contribution in [2.75, 3.05) is 20.3 Å². The van der Waals surface area contributed by atoms with Gasteiger partial charge in [0, 0.05) is 26.0 Å². The molecule has 1 aliphatic heterocycles. The van der Waals surface area contributed by atoms with Crippen LogP contribution in [0.2, 0.25) is 0 Å². The summed E-state index contributed by atoms with van der Waals surface area (Å²) in [6.07, 6.45) is 4.20. The third kappa shape index (κ3) is 25.0. The molecule has 10 nitrogen and oxygen atoms in total. The molecular weight excluding hydrogens is 289 g/mol. The van der Waals surface area contributed by atoms with Gasteiger partial charge in [-0.2, -0.15) is 0 Å². The summed E-state index contributed by atoms with van der Waals surface area (Å²) in [7, 11) is 2.08. The van der Waals surface area contributed by atoms with E-state index in [0.717, 1.165) is 13.2 Å². The molecule has 0 spiro atoms. The minimum atomic E-state index is -1.75. The van der Waals surface area contributed by atoms with Gasteiger partial charge in [-0.05, 0) is 6.92 Å². The molecule has 0 atom stereocenters. The van der Waals surface area contributed by atoms with Gasteiger partial charge in [-0.25, -0.2) is 0 Å². The van der Waals surface area contributed by atoms with Gasteiger partial charge in [0.1, 0.15) is 0 Å². The van der Waals surface area contributed by atoms with E-state index in [4.69, 9.17) is 30.6 Å². The maximum absolute atomic E-state index is 8.25. The van der Waals surface area contributed by atoms with E-state index >= 15 is 0 Å². The van der Waals surface area contributed by atoms with E-state index in [0.29, 0.717) is 0 Å². The molecular formula is C6H12N4O6Zn. The van der Waals surface area contributed by atoms with Crippen LogP contribution in [0.4, 0.5) is 0 Å². The fourth-order valence-corrected chi connectivity index (χ4v) is 0.794. The minimum absolute atomic E-state index is 0. The average molecular weight is 302 g/mol. The second kappa shape index (κ2) is 12.4. The summed E-state index contributed by atoms with van der Waals surface area (Å²) < 4.78 is 0. The average Bonchev–Trinajstić information content (AvgIpc) is 2.49. The van der Waals surface area contributed by atoms with E-state index in [1.807, 2.05) is 0 Å². The van der Waals surface area contributed by atoms with Gasteiger partial charge in [-0.3, -0.25) is 0 Å². The van der Waals surface area contributed by atoms with Gasteiger partial charge in [0.05, 0.1) is 16.8 Å². The summed E-state index contributed by atoms with van der Waals surface area (Å²) in [6.45, 7) is 4.32. The molecule has 0 aromatic rings. The largest absolute Gasteiger partial charge is 2.00 e. The van der Waals surface area contributed by atoms with E-state index in [1.54, 1.807) is 0 Å². The maximum atomic E-state index is 8.25. The topological polar surface area (TPSA) is 139 Å². The smallest absolute Gasteiger partial charge is 0.362 e. The molecule has 0 aliphatic carbocycles. The van der Waals surface area contributed by atoms with E-state index in [9.17, 15) is 0 Å². The first-order valence-corrected chi connectivity index (χ1v) is 4.05. The molecule has 0 N–H and O–H groups in total. The van der Waals surface area contributed by atoms with Gasteiger partial charge >= 0.3 is 19.5 Å². The zero-order valence-electron chi connectivity index (χ0n) is 9.51. The molecule has 17 heavy (non-hydrogen) atoms. The van der Waals surface area contributed by atoms with Crippen LogP contribution >= 0.6 is 0 Å². The van der Waals surface area contributed by atoms with Crippen molar-refractivity contribution < 1.29 is 29.7 Å². The zero-order valence-corrected chi connectivity index (χ0v) is 12.5. The van der Waals surface area contributed by atoms with Crippen molar-refractivity contribution >= 4 is 0 Å². The monoisotopic (exact) mass is 300 g/mol. The van der Waals surface area contributed by atoms with Gasteiger partial charge < -0.3 is 40.4 Å².